The molecule has 7 heavy (non-hydrogen) atoms. The second-order valence-electron chi connectivity index (χ2n) is 0.126. The van der Waals surface area contributed by atoms with Gasteiger partial charge in [-0.15, -0.1) is 0 Å². The molecule has 0 heterocycles. The normalized spacial score (nSPS) is 5.14. The SMILES string of the molecule is [Mg+2].[O-][I+][O-].[O-][I+][O-]. The van der Waals surface area contributed by atoms with Crippen LogP contribution in [0.4, 0.5) is 0 Å². The molecule has 0 aliphatic heterocycles. The predicted octanol–water partition coefficient (Wildman–Crippen LogP) is -11.1. The van der Waals surface area contributed by atoms with Crippen molar-refractivity contribution in [1.82, 2.24) is 0 Å². The van der Waals surface area contributed by atoms with Crippen LogP contribution in [0.2, 0.25) is 0 Å². The van der Waals surface area contributed by atoms with Crippen molar-refractivity contribution in [2.45, 2.75) is 0 Å². The molecule has 7 heteroatoms. The topological polar surface area (TPSA) is 92.2 Å². The molecule has 0 N–H and O–H groups in total. The van der Waals surface area contributed by atoms with Crippen molar-refractivity contribution in [3.05, 3.63) is 0 Å². The molecule has 0 saturated carbocycles. The Balaban J connectivity index is -0.0000000400. The van der Waals surface area contributed by atoms with Gasteiger partial charge >= 0.3 is 23.1 Å². The standard InChI is InChI=1S/2IO2.Mg/c2*2-1-3;/q2*-1;+2. The van der Waals surface area contributed by atoms with Gasteiger partial charge in [-0.25, -0.2) is 0 Å². The molecule has 0 rings (SSSR count). The van der Waals surface area contributed by atoms with Crippen molar-refractivity contribution < 1.29 is 57.8 Å². The quantitative estimate of drug-likeness (QED) is 0.323. The number of hydrogen-bond donors (Lipinski definition) is 0. The first-order valence-corrected chi connectivity index (χ1v) is 4.14. The molecule has 0 aliphatic carbocycles. The van der Waals surface area contributed by atoms with E-state index in [0.29, 0.717) is 0 Å². The van der Waals surface area contributed by atoms with Crippen LogP contribution in [0.1, 0.15) is 0 Å². The van der Waals surface area contributed by atoms with Crippen LogP contribution in [0.25, 0.3) is 0 Å². The van der Waals surface area contributed by atoms with Crippen LogP contribution in [0, 0.1) is 0 Å². The summed E-state index contributed by atoms with van der Waals surface area (Å²) in [6, 6.07) is 0. The van der Waals surface area contributed by atoms with Gasteiger partial charge in [0.2, 0.25) is 0 Å². The van der Waals surface area contributed by atoms with E-state index in [0.717, 1.165) is 0 Å². The average molecular weight is 342 g/mol. The largest absolute Gasteiger partial charge is 2.00 e. The van der Waals surface area contributed by atoms with E-state index < -0.39 is 44.1 Å². The first-order chi connectivity index (χ1) is 2.83. The van der Waals surface area contributed by atoms with Crippen LogP contribution in [0.5, 0.6) is 0 Å². The second-order valence-corrected chi connectivity index (χ2v) is 0.845. The third-order valence-corrected chi connectivity index (χ3v) is 0. The first-order valence-electron chi connectivity index (χ1n) is 0.617. The Morgan fingerprint density at radius 1 is 0.714 bits per heavy atom. The van der Waals surface area contributed by atoms with Gasteiger partial charge in [-0.1, -0.05) is 0 Å². The summed E-state index contributed by atoms with van der Waals surface area (Å²) in [6.07, 6.45) is 0. The van der Waals surface area contributed by atoms with Gasteiger partial charge < -0.3 is 13.7 Å². The summed E-state index contributed by atoms with van der Waals surface area (Å²) in [4.78, 5) is 0. The minimum absolute atomic E-state index is 0. The predicted molar refractivity (Wildman–Crippen MR) is 5.75 cm³/mol. The van der Waals surface area contributed by atoms with E-state index >= 15 is 0 Å². The number of halogens is 2. The molecule has 0 aliphatic rings. The molecule has 0 radical (unpaired) electrons. The van der Waals surface area contributed by atoms with Crippen molar-refractivity contribution in [2.75, 3.05) is 0 Å². The van der Waals surface area contributed by atoms with Crippen LogP contribution in [0.3, 0.4) is 0 Å². The molecule has 0 bridgehead atoms. The zero-order valence-electron chi connectivity index (χ0n) is 3.10. The van der Waals surface area contributed by atoms with E-state index in [2.05, 4.69) is 0 Å². The molecular weight excluding hydrogens is 342 g/mol. The summed E-state index contributed by atoms with van der Waals surface area (Å²) in [5.41, 5.74) is 0. The second kappa shape index (κ2) is 24.4. The van der Waals surface area contributed by atoms with Crippen LogP contribution >= 0.6 is 0 Å². The maximum Gasteiger partial charge on any atom is 2.00 e. The van der Waals surface area contributed by atoms with E-state index in [-0.39, 0.29) is 23.1 Å². The van der Waals surface area contributed by atoms with Gasteiger partial charge in [0.05, 0.1) is 0 Å². The molecule has 40 valence electrons. The Hall–Kier alpha value is 2.07. The maximum atomic E-state index is 8.48. The Morgan fingerprint density at radius 3 is 0.714 bits per heavy atom. The third kappa shape index (κ3) is 69.5. The Labute approximate surface area is 79.8 Å². The van der Waals surface area contributed by atoms with E-state index in [1.807, 2.05) is 0 Å². The summed E-state index contributed by atoms with van der Waals surface area (Å²) in [6.45, 7) is 0. The van der Waals surface area contributed by atoms with Gasteiger partial charge in [-0.3, -0.25) is 0 Å². The summed E-state index contributed by atoms with van der Waals surface area (Å²) in [5, 5.41) is 0. The summed E-state index contributed by atoms with van der Waals surface area (Å²) in [7, 11) is 0. The van der Waals surface area contributed by atoms with Crippen molar-refractivity contribution in [1.29, 1.82) is 0 Å². The monoisotopic (exact) mass is 342 g/mol. The minimum atomic E-state index is -1.91. The fraction of sp³-hybridized carbons (Fsp3) is 0. The molecule has 0 aromatic rings. The molecule has 0 aromatic carbocycles. The van der Waals surface area contributed by atoms with E-state index in [9.17, 15) is 0 Å². The van der Waals surface area contributed by atoms with Crippen LogP contribution < -0.4 is 57.8 Å². The number of rotatable bonds is 0. The molecular formula is I2MgO4. The van der Waals surface area contributed by atoms with Gasteiger partial charge in [-0.05, 0) is 0 Å². The molecule has 0 saturated heterocycles. The molecule has 0 fully saturated rings. The fourth-order valence-electron chi connectivity index (χ4n) is 0. The Bertz CT molecular complexity index is 11.7. The Kier molecular flexibility index (Phi) is 55.8. The van der Waals surface area contributed by atoms with Crippen molar-refractivity contribution >= 4 is 23.1 Å². The zero-order chi connectivity index (χ0) is 5.41. The summed E-state index contributed by atoms with van der Waals surface area (Å²) < 4.78 is 33.9. The molecule has 4 nitrogen and oxygen atoms in total. The van der Waals surface area contributed by atoms with E-state index in [1.165, 1.54) is 0 Å². The smallest absolute Gasteiger partial charge is 0.599 e. The van der Waals surface area contributed by atoms with Crippen LogP contribution in [-0.4, -0.2) is 23.1 Å². The van der Waals surface area contributed by atoms with E-state index in [1.54, 1.807) is 0 Å². The molecule has 0 atom stereocenters. The van der Waals surface area contributed by atoms with Gasteiger partial charge in [0.25, 0.3) is 0 Å². The maximum absolute atomic E-state index is 8.48. The third-order valence-electron chi connectivity index (χ3n) is 0. The van der Waals surface area contributed by atoms with Gasteiger partial charge in [-0.2, -0.15) is 0 Å². The van der Waals surface area contributed by atoms with Gasteiger partial charge in [0.1, 0.15) is 0 Å². The van der Waals surface area contributed by atoms with Gasteiger partial charge in [0, 0.05) is 0 Å². The molecule has 0 amide bonds. The van der Waals surface area contributed by atoms with Crippen LogP contribution in [-0.2, 0) is 0 Å². The summed E-state index contributed by atoms with van der Waals surface area (Å²) >= 11 is -3.82. The average Bonchev–Trinajstić information content (AvgIpc) is 1.39. The number of hydrogen-bond acceptors (Lipinski definition) is 4. The van der Waals surface area contributed by atoms with Gasteiger partial charge in [0.15, 0.2) is 44.1 Å². The summed E-state index contributed by atoms with van der Waals surface area (Å²) in [5.74, 6) is 0. The Morgan fingerprint density at radius 2 is 0.714 bits per heavy atom. The molecule has 0 unspecified atom stereocenters. The minimum Gasteiger partial charge on any atom is -0.599 e. The van der Waals surface area contributed by atoms with E-state index in [4.69, 9.17) is 13.7 Å². The van der Waals surface area contributed by atoms with Crippen LogP contribution in [0.15, 0.2) is 0 Å². The fourth-order valence-corrected chi connectivity index (χ4v) is 0. The zero-order valence-corrected chi connectivity index (χ0v) is 8.83. The van der Waals surface area contributed by atoms with Crippen molar-refractivity contribution in [2.24, 2.45) is 0 Å². The first kappa shape index (κ1) is 16.0. The molecule has 0 spiro atoms. The van der Waals surface area contributed by atoms with Crippen molar-refractivity contribution in [3.63, 3.8) is 0 Å². The van der Waals surface area contributed by atoms with Crippen molar-refractivity contribution in [3.8, 4) is 0 Å². The molecule has 0 aromatic heterocycles.